The molecule has 0 saturated heterocycles. The molecule has 1 aliphatic carbocycles. The van der Waals surface area contributed by atoms with Crippen molar-refractivity contribution >= 4 is 11.8 Å². The highest BCUT2D eigenvalue weighted by Gasteiger charge is 2.28. The van der Waals surface area contributed by atoms with Crippen LogP contribution in [0.2, 0.25) is 0 Å². The predicted octanol–water partition coefficient (Wildman–Crippen LogP) is 3.42. The molecule has 0 spiro atoms. The van der Waals surface area contributed by atoms with Crippen LogP contribution in [-0.2, 0) is 0 Å². The first-order chi connectivity index (χ1) is 11.5. The molecule has 128 valence electrons. The Kier molecular flexibility index (Phi) is 4.42. The van der Waals surface area contributed by atoms with Gasteiger partial charge in [-0.1, -0.05) is 11.6 Å². The molecule has 1 aromatic heterocycles. The summed E-state index contributed by atoms with van der Waals surface area (Å²) in [5.74, 6) is -0.707. The molecule has 2 aromatic rings. The van der Waals surface area contributed by atoms with Gasteiger partial charge in [0.2, 0.25) is 0 Å². The van der Waals surface area contributed by atoms with Gasteiger partial charge in [0.25, 0.3) is 0 Å². The molecular formula is C17H19FN2O4. The van der Waals surface area contributed by atoms with E-state index in [1.165, 1.54) is 31.7 Å². The molecule has 7 heteroatoms. The number of rotatable bonds is 6. The summed E-state index contributed by atoms with van der Waals surface area (Å²) in [5.41, 5.74) is 0.381. The molecule has 1 heterocycles. The van der Waals surface area contributed by atoms with Crippen molar-refractivity contribution in [3.8, 4) is 17.1 Å². The van der Waals surface area contributed by atoms with Crippen molar-refractivity contribution in [3.63, 3.8) is 0 Å². The van der Waals surface area contributed by atoms with Crippen LogP contribution < -0.4 is 9.64 Å². The molecule has 0 atom stereocenters. The summed E-state index contributed by atoms with van der Waals surface area (Å²) in [6, 6.07) is 4.05. The van der Waals surface area contributed by atoms with Gasteiger partial charge in [-0.3, -0.25) is 0 Å². The highest BCUT2D eigenvalue weighted by atomic mass is 19.1. The SMILES string of the molecule is COc1cc(-c2onc(N(C)CC3CCC3)c2C(=O)O)ccc1F. The lowest BCUT2D eigenvalue weighted by Crippen LogP contribution is -2.30. The van der Waals surface area contributed by atoms with Gasteiger partial charge in [-0.05, 0) is 37.0 Å². The number of carbonyl (C=O) groups is 1. The van der Waals surface area contributed by atoms with E-state index in [-0.39, 0.29) is 22.9 Å². The molecule has 1 aromatic carbocycles. The van der Waals surface area contributed by atoms with Crippen molar-refractivity contribution in [2.45, 2.75) is 19.3 Å². The second-order valence-electron chi connectivity index (χ2n) is 6.04. The van der Waals surface area contributed by atoms with Gasteiger partial charge < -0.3 is 19.3 Å². The monoisotopic (exact) mass is 334 g/mol. The van der Waals surface area contributed by atoms with Crippen LogP contribution in [0, 0.1) is 11.7 Å². The van der Waals surface area contributed by atoms with Crippen LogP contribution in [0.5, 0.6) is 5.75 Å². The molecule has 3 rings (SSSR count). The minimum absolute atomic E-state index is 0.0182. The summed E-state index contributed by atoms with van der Waals surface area (Å²) in [6.45, 7) is 0.735. The van der Waals surface area contributed by atoms with Crippen molar-refractivity contribution in [3.05, 3.63) is 29.6 Å². The molecular weight excluding hydrogens is 315 g/mol. The van der Waals surface area contributed by atoms with E-state index in [0.717, 1.165) is 19.4 Å². The number of nitrogens with zero attached hydrogens (tertiary/aromatic N) is 2. The van der Waals surface area contributed by atoms with Crippen LogP contribution in [0.4, 0.5) is 10.2 Å². The van der Waals surface area contributed by atoms with Gasteiger partial charge in [0.1, 0.15) is 0 Å². The standard InChI is InChI=1S/C17H19FN2O4/c1-20(9-10-4-3-5-10)16-14(17(21)22)15(24-19-16)11-6-7-12(18)13(8-11)23-2/h6-8,10H,3-5,9H2,1-2H3,(H,21,22). The zero-order valence-corrected chi connectivity index (χ0v) is 13.6. The Hall–Kier alpha value is -2.57. The third-order valence-corrected chi connectivity index (χ3v) is 4.42. The number of carboxylic acid groups (broad SMARTS) is 1. The van der Waals surface area contributed by atoms with Crippen LogP contribution in [0.1, 0.15) is 29.6 Å². The lowest BCUT2D eigenvalue weighted by Gasteiger charge is -2.30. The molecule has 0 amide bonds. The number of halogens is 1. The van der Waals surface area contributed by atoms with Gasteiger partial charge in [0.05, 0.1) is 7.11 Å². The molecule has 0 unspecified atom stereocenters. The van der Waals surface area contributed by atoms with Gasteiger partial charge in [-0.2, -0.15) is 0 Å². The maximum absolute atomic E-state index is 13.6. The summed E-state index contributed by atoms with van der Waals surface area (Å²) < 4.78 is 23.8. The van der Waals surface area contributed by atoms with Crippen molar-refractivity contribution in [1.82, 2.24) is 5.16 Å². The second-order valence-corrected chi connectivity index (χ2v) is 6.04. The Bertz CT molecular complexity index is 755. The molecule has 1 saturated carbocycles. The van der Waals surface area contributed by atoms with Gasteiger partial charge in [0.15, 0.2) is 28.7 Å². The number of carboxylic acids is 1. The number of ether oxygens (including phenoxy) is 1. The van der Waals surface area contributed by atoms with Gasteiger partial charge in [0, 0.05) is 19.2 Å². The summed E-state index contributed by atoms with van der Waals surface area (Å²) in [6.07, 6.45) is 3.50. The summed E-state index contributed by atoms with van der Waals surface area (Å²) in [7, 11) is 3.15. The maximum atomic E-state index is 13.6. The number of benzene rings is 1. The maximum Gasteiger partial charge on any atom is 0.343 e. The first-order valence-electron chi connectivity index (χ1n) is 7.79. The molecule has 24 heavy (non-hydrogen) atoms. The van der Waals surface area contributed by atoms with Crippen molar-refractivity contribution in [2.24, 2.45) is 5.92 Å². The fourth-order valence-corrected chi connectivity index (χ4v) is 2.88. The molecule has 1 fully saturated rings. The van der Waals surface area contributed by atoms with Crippen molar-refractivity contribution in [2.75, 3.05) is 25.6 Å². The Morgan fingerprint density at radius 1 is 1.50 bits per heavy atom. The minimum atomic E-state index is -1.13. The van der Waals surface area contributed by atoms with Crippen LogP contribution >= 0.6 is 0 Å². The van der Waals surface area contributed by atoms with E-state index in [9.17, 15) is 14.3 Å². The van der Waals surface area contributed by atoms with Crippen molar-refractivity contribution in [1.29, 1.82) is 0 Å². The second kappa shape index (κ2) is 6.51. The number of hydrogen-bond acceptors (Lipinski definition) is 5. The number of anilines is 1. The quantitative estimate of drug-likeness (QED) is 0.872. The summed E-state index contributed by atoms with van der Waals surface area (Å²) in [5, 5.41) is 13.5. The Balaban J connectivity index is 1.98. The third-order valence-electron chi connectivity index (χ3n) is 4.42. The molecule has 6 nitrogen and oxygen atoms in total. The van der Waals surface area contributed by atoms with E-state index < -0.39 is 11.8 Å². The largest absolute Gasteiger partial charge is 0.494 e. The van der Waals surface area contributed by atoms with E-state index in [1.807, 2.05) is 0 Å². The van der Waals surface area contributed by atoms with Crippen molar-refractivity contribution < 1.29 is 23.6 Å². The lowest BCUT2D eigenvalue weighted by molar-refractivity contribution is 0.0697. The van der Waals surface area contributed by atoms with Gasteiger partial charge >= 0.3 is 5.97 Å². The fourth-order valence-electron chi connectivity index (χ4n) is 2.88. The summed E-state index contributed by atoms with van der Waals surface area (Å²) in [4.78, 5) is 13.5. The average molecular weight is 334 g/mol. The topological polar surface area (TPSA) is 75.8 Å². The third kappa shape index (κ3) is 2.93. The number of aromatic carboxylic acids is 1. The first-order valence-corrected chi connectivity index (χ1v) is 7.79. The molecule has 0 radical (unpaired) electrons. The van der Waals surface area contributed by atoms with Gasteiger partial charge in [-0.15, -0.1) is 0 Å². The zero-order valence-electron chi connectivity index (χ0n) is 13.6. The molecule has 1 aliphatic rings. The first kappa shape index (κ1) is 16.3. The average Bonchev–Trinajstić information content (AvgIpc) is 2.96. The van der Waals surface area contributed by atoms with Gasteiger partial charge in [-0.25, -0.2) is 9.18 Å². The highest BCUT2D eigenvalue weighted by Crippen LogP contribution is 2.35. The minimum Gasteiger partial charge on any atom is -0.494 e. The van der Waals surface area contributed by atoms with Crippen LogP contribution in [0.25, 0.3) is 11.3 Å². The Labute approximate surface area is 138 Å². The number of methoxy groups -OCH3 is 1. The smallest absolute Gasteiger partial charge is 0.343 e. The van der Waals surface area contributed by atoms with E-state index >= 15 is 0 Å². The van der Waals surface area contributed by atoms with E-state index in [1.54, 1.807) is 11.9 Å². The Morgan fingerprint density at radius 2 is 2.25 bits per heavy atom. The van der Waals surface area contributed by atoms with E-state index in [4.69, 9.17) is 9.26 Å². The normalized spacial score (nSPS) is 14.3. The Morgan fingerprint density at radius 3 is 2.83 bits per heavy atom. The summed E-state index contributed by atoms with van der Waals surface area (Å²) >= 11 is 0. The molecule has 0 bridgehead atoms. The zero-order chi connectivity index (χ0) is 17.3. The fraction of sp³-hybridized carbons (Fsp3) is 0.412. The van der Waals surface area contributed by atoms with Crippen LogP contribution in [-0.4, -0.2) is 36.9 Å². The lowest BCUT2D eigenvalue weighted by atomic mass is 9.85. The highest BCUT2D eigenvalue weighted by molar-refractivity contribution is 5.99. The molecule has 0 aliphatic heterocycles. The molecule has 1 N–H and O–H groups in total. The number of hydrogen-bond donors (Lipinski definition) is 1. The predicted molar refractivity (Wildman–Crippen MR) is 86.0 cm³/mol. The van der Waals surface area contributed by atoms with E-state index in [2.05, 4.69) is 5.16 Å². The van der Waals surface area contributed by atoms with Crippen LogP contribution in [0.15, 0.2) is 22.7 Å². The van der Waals surface area contributed by atoms with E-state index in [0.29, 0.717) is 11.5 Å². The number of aromatic nitrogens is 1. The van der Waals surface area contributed by atoms with Crippen LogP contribution in [0.3, 0.4) is 0 Å².